The molecule has 0 unspecified atom stereocenters. The highest BCUT2D eigenvalue weighted by Gasteiger charge is 2.11. The van der Waals surface area contributed by atoms with Crippen LogP contribution >= 0.6 is 0 Å². The van der Waals surface area contributed by atoms with Gasteiger partial charge in [-0.3, -0.25) is 4.79 Å². The quantitative estimate of drug-likeness (QED) is 0.862. The first-order chi connectivity index (χ1) is 10.7. The third-order valence-electron chi connectivity index (χ3n) is 3.81. The highest BCUT2D eigenvalue weighted by Crippen LogP contribution is 2.25. The number of halogens is 1. The monoisotopic (exact) mass is 299 g/mol. The summed E-state index contributed by atoms with van der Waals surface area (Å²) in [5.74, 6) is 0.125. The van der Waals surface area contributed by atoms with Crippen molar-refractivity contribution in [2.45, 2.75) is 19.3 Å². The summed E-state index contributed by atoms with van der Waals surface area (Å²) in [6, 6.07) is 11.8. The maximum absolute atomic E-state index is 13.0. The molecule has 1 aliphatic carbocycles. The lowest BCUT2D eigenvalue weighted by molar-refractivity contribution is 0.0946. The number of ether oxygens (including phenoxy) is 1. The lowest BCUT2D eigenvalue weighted by atomic mass is 10.1. The Labute approximate surface area is 129 Å². The average Bonchev–Trinajstić information content (AvgIpc) is 2.99. The Morgan fingerprint density at radius 1 is 1.14 bits per heavy atom. The molecule has 22 heavy (non-hydrogen) atoms. The van der Waals surface area contributed by atoms with Crippen LogP contribution in [0, 0.1) is 5.82 Å². The number of hydrogen-bond donors (Lipinski definition) is 1. The first kappa shape index (κ1) is 14.6. The summed E-state index contributed by atoms with van der Waals surface area (Å²) in [6.45, 7) is 0.770. The Hall–Kier alpha value is -2.36. The molecule has 0 fully saturated rings. The number of hydrogen-bond acceptors (Lipinski definition) is 2. The van der Waals surface area contributed by atoms with E-state index in [2.05, 4.69) is 17.4 Å². The number of carbonyl (C=O) groups is 1. The number of benzene rings is 2. The zero-order valence-corrected chi connectivity index (χ0v) is 12.3. The van der Waals surface area contributed by atoms with Crippen LogP contribution in [0.4, 0.5) is 4.39 Å². The van der Waals surface area contributed by atoms with Crippen LogP contribution in [0.15, 0.2) is 42.5 Å². The fourth-order valence-electron chi connectivity index (χ4n) is 2.70. The predicted molar refractivity (Wildman–Crippen MR) is 82.7 cm³/mol. The minimum atomic E-state index is -0.415. The van der Waals surface area contributed by atoms with E-state index in [-0.39, 0.29) is 5.91 Å². The lowest BCUT2D eigenvalue weighted by Crippen LogP contribution is -2.28. The molecular weight excluding hydrogens is 281 g/mol. The zero-order valence-electron chi connectivity index (χ0n) is 12.3. The Morgan fingerprint density at radius 3 is 2.86 bits per heavy atom. The summed E-state index contributed by atoms with van der Waals surface area (Å²) >= 11 is 0. The van der Waals surface area contributed by atoms with Crippen molar-refractivity contribution in [1.82, 2.24) is 5.32 Å². The van der Waals surface area contributed by atoms with Gasteiger partial charge < -0.3 is 10.1 Å². The van der Waals surface area contributed by atoms with Crippen LogP contribution < -0.4 is 10.1 Å². The van der Waals surface area contributed by atoms with Gasteiger partial charge in [0.05, 0.1) is 6.54 Å². The number of fused-ring (bicyclic) bond motifs is 1. The smallest absolute Gasteiger partial charge is 0.251 e. The molecule has 2 aromatic carbocycles. The zero-order chi connectivity index (χ0) is 15.4. The van der Waals surface area contributed by atoms with Gasteiger partial charge >= 0.3 is 0 Å². The molecule has 4 heteroatoms. The molecule has 1 aliphatic rings. The van der Waals surface area contributed by atoms with Gasteiger partial charge in [0, 0.05) is 5.56 Å². The van der Waals surface area contributed by atoms with Gasteiger partial charge in [-0.2, -0.15) is 0 Å². The number of carbonyl (C=O) groups excluding carboxylic acids is 1. The number of amides is 1. The second kappa shape index (κ2) is 6.60. The van der Waals surface area contributed by atoms with Gasteiger partial charge in [-0.25, -0.2) is 4.39 Å². The highest BCUT2D eigenvalue weighted by atomic mass is 19.1. The van der Waals surface area contributed by atoms with E-state index in [1.54, 1.807) is 6.07 Å². The van der Waals surface area contributed by atoms with E-state index >= 15 is 0 Å². The molecule has 0 saturated heterocycles. The predicted octanol–water partition coefficient (Wildman–Crippen LogP) is 3.12. The number of aryl methyl sites for hydroxylation is 2. The highest BCUT2D eigenvalue weighted by molar-refractivity contribution is 5.94. The molecule has 0 atom stereocenters. The van der Waals surface area contributed by atoms with E-state index in [9.17, 15) is 9.18 Å². The van der Waals surface area contributed by atoms with Crippen molar-refractivity contribution in [3.63, 3.8) is 0 Å². The van der Waals surface area contributed by atoms with Crippen LogP contribution in [0.1, 0.15) is 27.9 Å². The van der Waals surface area contributed by atoms with Crippen LogP contribution in [0.3, 0.4) is 0 Å². The van der Waals surface area contributed by atoms with E-state index < -0.39 is 5.82 Å². The number of rotatable bonds is 5. The average molecular weight is 299 g/mol. The van der Waals surface area contributed by atoms with Gasteiger partial charge in [-0.1, -0.05) is 12.1 Å². The van der Waals surface area contributed by atoms with Crippen molar-refractivity contribution >= 4 is 5.91 Å². The van der Waals surface area contributed by atoms with Gasteiger partial charge in [0.15, 0.2) is 0 Å². The topological polar surface area (TPSA) is 38.3 Å². The summed E-state index contributed by atoms with van der Waals surface area (Å²) in [5.41, 5.74) is 3.09. The molecule has 0 aromatic heterocycles. The summed E-state index contributed by atoms with van der Waals surface area (Å²) in [7, 11) is 0. The SMILES string of the molecule is O=C(NCCOc1ccc2c(c1)CCC2)c1cccc(F)c1. The maximum atomic E-state index is 13.0. The second-order valence-electron chi connectivity index (χ2n) is 5.40. The van der Waals surface area contributed by atoms with Crippen LogP contribution in [0.2, 0.25) is 0 Å². The van der Waals surface area contributed by atoms with E-state index in [1.165, 1.54) is 35.7 Å². The molecule has 3 nitrogen and oxygen atoms in total. The molecule has 0 heterocycles. The lowest BCUT2D eigenvalue weighted by Gasteiger charge is -2.09. The van der Waals surface area contributed by atoms with Crippen molar-refractivity contribution in [3.8, 4) is 5.75 Å². The molecular formula is C18H18FNO2. The molecule has 2 aromatic rings. The fraction of sp³-hybridized carbons (Fsp3) is 0.278. The molecule has 1 N–H and O–H groups in total. The van der Waals surface area contributed by atoms with Gasteiger partial charge in [-0.05, 0) is 60.7 Å². The van der Waals surface area contributed by atoms with Gasteiger partial charge in [0.2, 0.25) is 0 Å². The molecule has 0 radical (unpaired) electrons. The van der Waals surface area contributed by atoms with Crippen molar-refractivity contribution in [2.24, 2.45) is 0 Å². The van der Waals surface area contributed by atoms with Crippen molar-refractivity contribution < 1.29 is 13.9 Å². The Kier molecular flexibility index (Phi) is 4.37. The summed E-state index contributed by atoms with van der Waals surface area (Å²) in [6.07, 6.45) is 3.48. The van der Waals surface area contributed by atoms with Crippen LogP contribution in [0.25, 0.3) is 0 Å². The van der Waals surface area contributed by atoms with Gasteiger partial charge in [0.25, 0.3) is 5.91 Å². The van der Waals surface area contributed by atoms with Crippen LogP contribution in [0.5, 0.6) is 5.75 Å². The van der Waals surface area contributed by atoms with E-state index in [1.807, 2.05) is 6.07 Å². The van der Waals surface area contributed by atoms with Crippen molar-refractivity contribution in [2.75, 3.05) is 13.2 Å². The van der Waals surface area contributed by atoms with Crippen LogP contribution in [-0.4, -0.2) is 19.1 Å². The van der Waals surface area contributed by atoms with E-state index in [4.69, 9.17) is 4.74 Å². The normalized spacial score (nSPS) is 12.8. The summed E-state index contributed by atoms with van der Waals surface area (Å²) < 4.78 is 18.7. The summed E-state index contributed by atoms with van der Waals surface area (Å²) in [4.78, 5) is 11.8. The molecule has 114 valence electrons. The van der Waals surface area contributed by atoms with E-state index in [0.29, 0.717) is 18.7 Å². The maximum Gasteiger partial charge on any atom is 0.251 e. The van der Waals surface area contributed by atoms with Crippen molar-refractivity contribution in [1.29, 1.82) is 0 Å². The largest absolute Gasteiger partial charge is 0.492 e. The first-order valence-electron chi connectivity index (χ1n) is 7.51. The Bertz CT molecular complexity index is 685. The standard InChI is InChI=1S/C18H18FNO2/c19-16-6-2-5-15(11-16)18(21)20-9-10-22-17-8-7-13-3-1-4-14(13)12-17/h2,5-8,11-12H,1,3-4,9-10H2,(H,20,21). The minimum absolute atomic E-state index is 0.294. The molecule has 1 amide bonds. The first-order valence-corrected chi connectivity index (χ1v) is 7.51. The third-order valence-corrected chi connectivity index (χ3v) is 3.81. The molecule has 0 bridgehead atoms. The minimum Gasteiger partial charge on any atom is -0.492 e. The Morgan fingerprint density at radius 2 is 2.00 bits per heavy atom. The fourth-order valence-corrected chi connectivity index (χ4v) is 2.70. The molecule has 0 spiro atoms. The Balaban J connectivity index is 1.46. The van der Waals surface area contributed by atoms with Crippen LogP contribution in [-0.2, 0) is 12.8 Å². The van der Waals surface area contributed by atoms with Gasteiger partial charge in [-0.15, -0.1) is 0 Å². The third kappa shape index (κ3) is 3.45. The molecule has 0 aliphatic heterocycles. The summed E-state index contributed by atoms with van der Waals surface area (Å²) in [5, 5.41) is 2.72. The number of nitrogens with one attached hydrogen (secondary N) is 1. The molecule has 3 rings (SSSR count). The van der Waals surface area contributed by atoms with Crippen molar-refractivity contribution in [3.05, 3.63) is 65.0 Å². The van der Waals surface area contributed by atoms with Gasteiger partial charge in [0.1, 0.15) is 18.2 Å². The second-order valence-corrected chi connectivity index (χ2v) is 5.40. The van der Waals surface area contributed by atoms with E-state index in [0.717, 1.165) is 18.6 Å². The molecule has 0 saturated carbocycles.